The van der Waals surface area contributed by atoms with Gasteiger partial charge in [0.2, 0.25) is 0 Å². The monoisotopic (exact) mass is 199 g/mol. The molecule has 2 nitrogen and oxygen atoms in total. The maximum Gasteiger partial charge on any atom is 0.160 e. The van der Waals surface area contributed by atoms with Gasteiger partial charge in [0.15, 0.2) is 5.78 Å². The number of carbonyl (C=O) groups is 1. The summed E-state index contributed by atoms with van der Waals surface area (Å²) in [6.45, 7) is 5.38. The van der Waals surface area contributed by atoms with Crippen molar-refractivity contribution < 1.29 is 4.79 Å². The molecule has 0 amide bonds. The summed E-state index contributed by atoms with van der Waals surface area (Å²) in [6.07, 6.45) is 0. The molecule has 0 aliphatic rings. The summed E-state index contributed by atoms with van der Waals surface area (Å²) >= 11 is 0. The average Bonchev–Trinajstić information content (AvgIpc) is 1.82. The molecule has 0 saturated heterocycles. The summed E-state index contributed by atoms with van der Waals surface area (Å²) in [5, 5.41) is 0. The molecule has 0 aromatic heterocycles. The van der Waals surface area contributed by atoms with Gasteiger partial charge in [-0.1, -0.05) is 0 Å². The van der Waals surface area contributed by atoms with Crippen LogP contribution in [0.15, 0.2) is 12.1 Å². The minimum absolute atomic E-state index is 0. The number of carbonyl (C=O) groups excluding carboxylic acids is 1. The van der Waals surface area contributed by atoms with Crippen LogP contribution in [0.2, 0.25) is 0 Å². The van der Waals surface area contributed by atoms with E-state index >= 15 is 0 Å². The smallest absolute Gasteiger partial charge is 0.160 e. The normalized spacial score (nSPS) is 9.15. The van der Waals surface area contributed by atoms with Crippen molar-refractivity contribution in [3.63, 3.8) is 0 Å². The fourth-order valence-electron chi connectivity index (χ4n) is 1.55. The van der Waals surface area contributed by atoms with E-state index in [1.54, 1.807) is 6.92 Å². The lowest BCUT2D eigenvalue weighted by atomic mass is 9.99. The van der Waals surface area contributed by atoms with Gasteiger partial charge in [-0.2, -0.15) is 0 Å². The summed E-state index contributed by atoms with van der Waals surface area (Å²) in [4.78, 5) is 11.2. The number of Topliss-reactive ketones (excluding diaryl/α,β-unsaturated/α-hetero) is 1. The largest absolute Gasteiger partial charge is 0.399 e. The molecule has 2 N–H and O–H groups in total. The first-order chi connectivity index (χ1) is 5.52. The number of nitrogen functional groups attached to an aromatic ring is 1. The molecule has 0 aliphatic heterocycles. The van der Waals surface area contributed by atoms with Crippen LogP contribution in [-0.2, 0) is 0 Å². The second-order valence-corrected chi connectivity index (χ2v) is 3.09. The van der Waals surface area contributed by atoms with E-state index in [-0.39, 0.29) is 18.2 Å². The van der Waals surface area contributed by atoms with E-state index in [2.05, 4.69) is 0 Å². The van der Waals surface area contributed by atoms with Gasteiger partial charge in [-0.25, -0.2) is 0 Å². The van der Waals surface area contributed by atoms with E-state index in [1.807, 2.05) is 26.0 Å². The van der Waals surface area contributed by atoms with Crippen LogP contribution >= 0.6 is 12.4 Å². The lowest BCUT2D eigenvalue weighted by molar-refractivity contribution is 0.101. The zero-order valence-corrected chi connectivity index (χ0v) is 8.87. The van der Waals surface area contributed by atoms with Crippen molar-refractivity contribution in [2.45, 2.75) is 20.8 Å². The number of benzene rings is 1. The van der Waals surface area contributed by atoms with E-state index in [0.29, 0.717) is 0 Å². The lowest BCUT2D eigenvalue weighted by Crippen LogP contribution is -2.01. The third kappa shape index (κ3) is 2.46. The highest BCUT2D eigenvalue weighted by atomic mass is 35.5. The van der Waals surface area contributed by atoms with Crippen LogP contribution in [0.5, 0.6) is 0 Å². The van der Waals surface area contributed by atoms with Gasteiger partial charge in [-0.3, -0.25) is 4.79 Å². The van der Waals surface area contributed by atoms with Crippen LogP contribution in [0, 0.1) is 13.8 Å². The minimum Gasteiger partial charge on any atom is -0.399 e. The fraction of sp³-hybridized carbons (Fsp3) is 0.300. The predicted octanol–water partition coefficient (Wildman–Crippen LogP) is 2.51. The molecule has 0 spiro atoms. The highest BCUT2D eigenvalue weighted by molar-refractivity contribution is 5.97. The van der Waals surface area contributed by atoms with Crippen molar-refractivity contribution >= 4 is 23.9 Å². The number of hydrogen-bond acceptors (Lipinski definition) is 2. The van der Waals surface area contributed by atoms with Gasteiger partial charge in [0.05, 0.1) is 0 Å². The second-order valence-electron chi connectivity index (χ2n) is 3.09. The summed E-state index contributed by atoms with van der Waals surface area (Å²) in [6, 6.07) is 3.65. The Hall–Kier alpha value is -1.02. The zero-order valence-electron chi connectivity index (χ0n) is 8.05. The average molecular weight is 200 g/mol. The number of ketones is 1. The van der Waals surface area contributed by atoms with Crippen LogP contribution in [0.4, 0.5) is 5.69 Å². The van der Waals surface area contributed by atoms with Crippen LogP contribution in [-0.4, -0.2) is 5.78 Å². The molecule has 0 saturated carbocycles. The van der Waals surface area contributed by atoms with Gasteiger partial charge in [0.25, 0.3) is 0 Å². The van der Waals surface area contributed by atoms with E-state index in [0.717, 1.165) is 22.4 Å². The Morgan fingerprint density at radius 3 is 1.92 bits per heavy atom. The summed E-state index contributed by atoms with van der Waals surface area (Å²) < 4.78 is 0. The molecule has 72 valence electrons. The topological polar surface area (TPSA) is 43.1 Å². The van der Waals surface area contributed by atoms with Gasteiger partial charge < -0.3 is 5.73 Å². The highest BCUT2D eigenvalue weighted by Crippen LogP contribution is 2.18. The summed E-state index contributed by atoms with van der Waals surface area (Å²) in [5.41, 5.74) is 9.05. The maximum atomic E-state index is 11.2. The predicted molar refractivity (Wildman–Crippen MR) is 57.6 cm³/mol. The zero-order chi connectivity index (χ0) is 9.30. The Balaban J connectivity index is 0.00000144. The highest BCUT2D eigenvalue weighted by Gasteiger charge is 2.07. The SMILES string of the molecule is CC(=O)c1c(C)cc(N)cc1C.Cl. The molecule has 0 unspecified atom stereocenters. The Labute approximate surface area is 84.5 Å². The molecule has 3 heteroatoms. The summed E-state index contributed by atoms with van der Waals surface area (Å²) in [7, 11) is 0. The van der Waals surface area contributed by atoms with Crippen molar-refractivity contribution in [2.75, 3.05) is 5.73 Å². The van der Waals surface area contributed by atoms with Crippen molar-refractivity contribution in [2.24, 2.45) is 0 Å². The molecule has 0 atom stereocenters. The number of hydrogen-bond donors (Lipinski definition) is 1. The summed E-state index contributed by atoms with van der Waals surface area (Å²) in [5.74, 6) is 0.102. The fourth-order valence-corrected chi connectivity index (χ4v) is 1.55. The van der Waals surface area contributed by atoms with Crippen molar-refractivity contribution in [1.82, 2.24) is 0 Å². The van der Waals surface area contributed by atoms with Gasteiger partial charge in [0.1, 0.15) is 0 Å². The number of rotatable bonds is 1. The molecule has 13 heavy (non-hydrogen) atoms. The Morgan fingerprint density at radius 1 is 1.23 bits per heavy atom. The second kappa shape index (κ2) is 4.28. The molecule has 0 aliphatic carbocycles. The third-order valence-corrected chi connectivity index (χ3v) is 1.91. The minimum atomic E-state index is 0. The number of aryl methyl sites for hydroxylation is 2. The molecule has 0 heterocycles. The first-order valence-electron chi connectivity index (χ1n) is 3.90. The maximum absolute atomic E-state index is 11.2. The molecule has 1 aromatic carbocycles. The van der Waals surface area contributed by atoms with Crippen LogP contribution < -0.4 is 5.73 Å². The molecule has 0 bridgehead atoms. The van der Waals surface area contributed by atoms with Crippen molar-refractivity contribution in [3.05, 3.63) is 28.8 Å². The Kier molecular flexibility index (Phi) is 3.95. The lowest BCUT2D eigenvalue weighted by Gasteiger charge is -2.06. The van der Waals surface area contributed by atoms with Crippen molar-refractivity contribution in [1.29, 1.82) is 0 Å². The van der Waals surface area contributed by atoms with Gasteiger partial charge in [0, 0.05) is 11.3 Å². The van der Waals surface area contributed by atoms with E-state index < -0.39 is 0 Å². The third-order valence-electron chi connectivity index (χ3n) is 1.91. The molecule has 1 rings (SSSR count). The Morgan fingerprint density at radius 2 is 1.62 bits per heavy atom. The van der Waals surface area contributed by atoms with Crippen molar-refractivity contribution in [3.8, 4) is 0 Å². The van der Waals surface area contributed by atoms with Crippen LogP contribution in [0.3, 0.4) is 0 Å². The molecule has 0 fully saturated rings. The van der Waals surface area contributed by atoms with Gasteiger partial charge >= 0.3 is 0 Å². The molecular weight excluding hydrogens is 186 g/mol. The number of halogens is 1. The van der Waals surface area contributed by atoms with Gasteiger partial charge in [-0.05, 0) is 44.0 Å². The first-order valence-corrected chi connectivity index (χ1v) is 3.90. The van der Waals surface area contributed by atoms with E-state index in [9.17, 15) is 4.79 Å². The van der Waals surface area contributed by atoms with Crippen LogP contribution in [0.1, 0.15) is 28.4 Å². The quantitative estimate of drug-likeness (QED) is 0.558. The number of anilines is 1. The van der Waals surface area contributed by atoms with E-state index in [4.69, 9.17) is 5.73 Å². The number of nitrogens with two attached hydrogens (primary N) is 1. The Bertz CT molecular complexity index is 311. The van der Waals surface area contributed by atoms with Gasteiger partial charge in [-0.15, -0.1) is 12.4 Å². The molecule has 0 radical (unpaired) electrons. The standard InChI is InChI=1S/C10H13NO.ClH/c1-6-4-9(11)5-7(2)10(6)8(3)12;/h4-5H,11H2,1-3H3;1H. The van der Waals surface area contributed by atoms with Crippen LogP contribution in [0.25, 0.3) is 0 Å². The first kappa shape index (κ1) is 12.0. The van der Waals surface area contributed by atoms with E-state index in [1.165, 1.54) is 0 Å². The molecule has 1 aromatic rings. The molecular formula is C10H14ClNO.